The Hall–Kier alpha value is -2.97. The van der Waals surface area contributed by atoms with E-state index in [1.807, 2.05) is 0 Å². The number of sulfonamides is 1. The molecule has 0 bridgehead atoms. The summed E-state index contributed by atoms with van der Waals surface area (Å²) in [7, 11) is -3.16. The van der Waals surface area contributed by atoms with E-state index in [1.165, 1.54) is 37.9 Å². The summed E-state index contributed by atoms with van der Waals surface area (Å²) < 4.78 is 63.7. The molecule has 2 atom stereocenters. The Morgan fingerprint density at radius 2 is 1.92 bits per heavy atom. The molecule has 2 amide bonds. The van der Waals surface area contributed by atoms with Crippen LogP contribution in [0, 0.1) is 24.5 Å². The maximum atomic E-state index is 15.3. The molecular weight excluding hydrogens is 530 g/mol. The predicted molar refractivity (Wildman–Crippen MR) is 134 cm³/mol. The predicted octanol–water partition coefficient (Wildman–Crippen LogP) is 2.88. The Morgan fingerprint density at radius 1 is 1.22 bits per heavy atom. The molecule has 0 radical (unpaired) electrons. The third-order valence-corrected chi connectivity index (χ3v) is 8.26. The van der Waals surface area contributed by atoms with Crippen LogP contribution >= 0.6 is 11.8 Å². The van der Waals surface area contributed by atoms with Crippen molar-refractivity contribution in [2.75, 3.05) is 30.8 Å². The van der Waals surface area contributed by atoms with Gasteiger partial charge in [-0.3, -0.25) is 9.59 Å². The molecule has 2 heterocycles. The number of halogens is 2. The van der Waals surface area contributed by atoms with E-state index in [2.05, 4.69) is 10.0 Å². The van der Waals surface area contributed by atoms with Crippen LogP contribution in [0.4, 0.5) is 19.3 Å². The summed E-state index contributed by atoms with van der Waals surface area (Å²) in [5.41, 5.74) is -0.0583. The Bertz CT molecular complexity index is 1310. The fourth-order valence-corrected chi connectivity index (χ4v) is 6.16. The molecule has 0 spiro atoms. The summed E-state index contributed by atoms with van der Waals surface area (Å²) in [4.78, 5) is 37.0. The number of benzene rings is 1. The molecule has 202 valence electrons. The highest BCUT2D eigenvalue weighted by molar-refractivity contribution is 8.13. The van der Waals surface area contributed by atoms with Gasteiger partial charge < -0.3 is 19.5 Å². The Kier molecular flexibility index (Phi) is 8.97. The number of carbonyl (C=O) groups excluding carboxylic acids is 3. The second-order valence-electron chi connectivity index (χ2n) is 8.58. The van der Waals surface area contributed by atoms with Crippen molar-refractivity contribution in [2.45, 2.75) is 31.7 Å². The first kappa shape index (κ1) is 28.6. The largest absolute Gasteiger partial charge is 0.450 e. The van der Waals surface area contributed by atoms with E-state index in [4.69, 9.17) is 4.74 Å². The average molecular weight is 559 g/mol. The van der Waals surface area contributed by atoms with Crippen LogP contribution < -0.4 is 10.0 Å². The van der Waals surface area contributed by atoms with Crippen LogP contribution in [0.15, 0.2) is 29.3 Å². The molecule has 37 heavy (non-hydrogen) atoms. The van der Waals surface area contributed by atoms with Gasteiger partial charge in [-0.05, 0) is 37.6 Å². The SMILES string of the molecule is CCOC(=O)N1C[C@@H](CSC(C)=O)[C@@H](NS(=O)(=O)c2cn(C)c(C(=O)Nc3ccc(F)c(C)c3)c2F)C1. The molecule has 10 nitrogen and oxygen atoms in total. The molecule has 0 aliphatic carbocycles. The maximum Gasteiger partial charge on any atom is 0.409 e. The fraction of sp³-hybridized carbons (Fsp3) is 0.435. The number of anilines is 1. The highest BCUT2D eigenvalue weighted by atomic mass is 32.2. The molecule has 2 aromatic rings. The molecule has 0 unspecified atom stereocenters. The minimum atomic E-state index is -4.48. The summed E-state index contributed by atoms with van der Waals surface area (Å²) in [6, 6.07) is 2.99. The Morgan fingerprint density at radius 3 is 2.54 bits per heavy atom. The van der Waals surface area contributed by atoms with Crippen molar-refractivity contribution < 1.29 is 36.3 Å². The smallest absolute Gasteiger partial charge is 0.409 e. The van der Waals surface area contributed by atoms with Gasteiger partial charge in [0.1, 0.15) is 16.4 Å². The number of ether oxygens (including phenoxy) is 1. The zero-order chi connectivity index (χ0) is 27.5. The number of nitrogens with one attached hydrogen (secondary N) is 2. The zero-order valence-electron chi connectivity index (χ0n) is 20.7. The third kappa shape index (κ3) is 6.67. The van der Waals surface area contributed by atoms with Gasteiger partial charge in [0.05, 0.1) is 6.61 Å². The lowest BCUT2D eigenvalue weighted by Crippen LogP contribution is -2.41. The van der Waals surface area contributed by atoms with Crippen LogP contribution in [-0.4, -0.2) is 66.5 Å². The Balaban J connectivity index is 1.83. The minimum absolute atomic E-state index is 0.0348. The van der Waals surface area contributed by atoms with Gasteiger partial charge in [-0.25, -0.2) is 26.7 Å². The van der Waals surface area contributed by atoms with E-state index in [1.54, 1.807) is 6.92 Å². The molecule has 2 N–H and O–H groups in total. The monoisotopic (exact) mass is 558 g/mol. The van der Waals surface area contributed by atoms with Gasteiger partial charge in [-0.15, -0.1) is 0 Å². The standard InChI is InChI=1S/C23H28F2N4O6S2/c1-5-35-23(32)29-9-15(12-36-14(3)30)18(10-29)27-37(33,34)19-11-28(4)21(20(19)25)22(31)26-16-6-7-17(24)13(2)8-16/h6-8,11,15,18,27H,5,9-10,12H2,1-4H3,(H,26,31)/t15-,18-/m0/s1. The van der Waals surface area contributed by atoms with Crippen molar-refractivity contribution in [1.29, 1.82) is 0 Å². The number of carbonyl (C=O) groups is 3. The topological polar surface area (TPSA) is 127 Å². The molecule has 1 saturated heterocycles. The van der Waals surface area contributed by atoms with Gasteiger partial charge in [0, 0.05) is 56.7 Å². The van der Waals surface area contributed by atoms with Gasteiger partial charge in [0.25, 0.3) is 5.91 Å². The number of aryl methyl sites for hydroxylation is 2. The number of likely N-dealkylation sites (tertiary alicyclic amines) is 1. The number of hydrogen-bond acceptors (Lipinski definition) is 7. The van der Waals surface area contributed by atoms with Crippen molar-refractivity contribution >= 4 is 44.6 Å². The minimum Gasteiger partial charge on any atom is -0.450 e. The maximum absolute atomic E-state index is 15.3. The quantitative estimate of drug-likeness (QED) is 0.510. The van der Waals surface area contributed by atoms with E-state index in [9.17, 15) is 27.2 Å². The second kappa shape index (κ2) is 11.6. The first-order chi connectivity index (χ1) is 17.3. The normalized spacial score (nSPS) is 17.6. The lowest BCUT2D eigenvalue weighted by Gasteiger charge is -2.18. The van der Waals surface area contributed by atoms with Gasteiger partial charge >= 0.3 is 6.09 Å². The van der Waals surface area contributed by atoms with E-state index in [0.717, 1.165) is 28.6 Å². The molecule has 1 fully saturated rings. The Labute approximate surface area is 217 Å². The van der Waals surface area contributed by atoms with Crippen molar-refractivity contribution in [1.82, 2.24) is 14.2 Å². The van der Waals surface area contributed by atoms with Gasteiger partial charge in [-0.2, -0.15) is 0 Å². The second-order valence-corrected chi connectivity index (χ2v) is 11.5. The van der Waals surface area contributed by atoms with E-state index in [-0.39, 0.29) is 41.8 Å². The first-order valence-electron chi connectivity index (χ1n) is 11.3. The van der Waals surface area contributed by atoms with Gasteiger partial charge in [-0.1, -0.05) is 11.8 Å². The number of hydrogen-bond donors (Lipinski definition) is 2. The van der Waals surface area contributed by atoms with Crippen LogP contribution in [0.3, 0.4) is 0 Å². The molecule has 1 aromatic carbocycles. The summed E-state index contributed by atoms with van der Waals surface area (Å²) in [5, 5.41) is 2.27. The van der Waals surface area contributed by atoms with Crippen molar-refractivity contribution in [3.63, 3.8) is 0 Å². The van der Waals surface area contributed by atoms with Crippen LogP contribution in [0.2, 0.25) is 0 Å². The number of thioether (sulfide) groups is 1. The zero-order valence-corrected chi connectivity index (χ0v) is 22.3. The molecule has 1 aliphatic heterocycles. The highest BCUT2D eigenvalue weighted by Crippen LogP contribution is 2.27. The highest BCUT2D eigenvalue weighted by Gasteiger charge is 2.40. The lowest BCUT2D eigenvalue weighted by atomic mass is 10.1. The third-order valence-electron chi connectivity index (χ3n) is 5.78. The van der Waals surface area contributed by atoms with Crippen molar-refractivity contribution in [2.24, 2.45) is 13.0 Å². The summed E-state index contributed by atoms with van der Waals surface area (Å²) in [5.74, 6) is -2.86. The van der Waals surface area contributed by atoms with Crippen LogP contribution in [0.1, 0.15) is 29.9 Å². The molecule has 1 aliphatic rings. The average Bonchev–Trinajstić information content (AvgIpc) is 3.34. The van der Waals surface area contributed by atoms with Crippen molar-refractivity contribution in [3.8, 4) is 0 Å². The number of aromatic nitrogens is 1. The number of nitrogens with zero attached hydrogens (tertiary/aromatic N) is 2. The van der Waals surface area contributed by atoms with Crippen LogP contribution in [0.5, 0.6) is 0 Å². The first-order valence-corrected chi connectivity index (χ1v) is 13.8. The van der Waals surface area contributed by atoms with Crippen molar-refractivity contribution in [3.05, 3.63) is 47.3 Å². The van der Waals surface area contributed by atoms with Gasteiger partial charge in [0.15, 0.2) is 10.9 Å². The number of rotatable bonds is 8. The van der Waals surface area contributed by atoms with Crippen LogP contribution in [-0.2, 0) is 26.6 Å². The summed E-state index contributed by atoms with van der Waals surface area (Å²) >= 11 is 0.990. The molecule has 0 saturated carbocycles. The molecular formula is C23H28F2N4O6S2. The molecule has 14 heteroatoms. The summed E-state index contributed by atoms with van der Waals surface area (Å²) in [6.45, 7) is 4.76. The van der Waals surface area contributed by atoms with E-state index >= 15 is 4.39 Å². The number of amides is 2. The van der Waals surface area contributed by atoms with E-state index < -0.39 is 56.2 Å². The molecule has 1 aromatic heterocycles. The van der Waals surface area contributed by atoms with E-state index in [0.29, 0.717) is 0 Å². The van der Waals surface area contributed by atoms with Crippen LogP contribution in [0.25, 0.3) is 0 Å². The lowest BCUT2D eigenvalue weighted by molar-refractivity contribution is -0.109. The fourth-order valence-electron chi connectivity index (χ4n) is 3.95. The molecule has 3 rings (SSSR count). The van der Waals surface area contributed by atoms with Gasteiger partial charge in [0.2, 0.25) is 10.0 Å². The summed E-state index contributed by atoms with van der Waals surface area (Å²) in [6.07, 6.45) is 0.350.